The van der Waals surface area contributed by atoms with Crippen molar-refractivity contribution in [2.24, 2.45) is 4.99 Å². The maximum Gasteiger partial charge on any atom is 0.332 e. The molecule has 5 heteroatoms. The summed E-state index contributed by atoms with van der Waals surface area (Å²) in [4.78, 5) is 22.3. The summed E-state index contributed by atoms with van der Waals surface area (Å²) in [5.41, 5.74) is 2.92. The van der Waals surface area contributed by atoms with Gasteiger partial charge in [0.1, 0.15) is 0 Å². The molecular formula is C28H35N3O2. The van der Waals surface area contributed by atoms with Crippen molar-refractivity contribution in [3.8, 4) is 0 Å². The van der Waals surface area contributed by atoms with Crippen molar-refractivity contribution >= 4 is 11.7 Å². The maximum absolute atomic E-state index is 12.9. The molecule has 1 saturated heterocycles. The van der Waals surface area contributed by atoms with Gasteiger partial charge in [-0.15, -0.1) is 0 Å². The second-order valence-electron chi connectivity index (χ2n) is 8.93. The van der Waals surface area contributed by atoms with E-state index in [4.69, 9.17) is 4.74 Å². The molecule has 1 atom stereocenters. The minimum atomic E-state index is -0.766. The molecule has 0 saturated carbocycles. The normalized spacial score (nSPS) is 21.7. The molecule has 1 fully saturated rings. The van der Waals surface area contributed by atoms with E-state index >= 15 is 0 Å². The highest BCUT2D eigenvalue weighted by molar-refractivity contribution is 5.97. The van der Waals surface area contributed by atoms with Crippen molar-refractivity contribution in [2.45, 2.75) is 31.7 Å². The Kier molecular flexibility index (Phi) is 7.73. The lowest BCUT2D eigenvalue weighted by atomic mass is 9.88. The molecule has 0 aliphatic carbocycles. The quantitative estimate of drug-likeness (QED) is 0.573. The molecule has 4 rings (SSSR count). The van der Waals surface area contributed by atoms with E-state index in [2.05, 4.69) is 75.5 Å². The van der Waals surface area contributed by atoms with Crippen LogP contribution in [0, 0.1) is 0 Å². The number of nitrogens with zero attached hydrogens (tertiary/aromatic N) is 3. The Morgan fingerprint density at radius 1 is 1.00 bits per heavy atom. The molecule has 0 aromatic heterocycles. The third-order valence-corrected chi connectivity index (χ3v) is 6.87. The van der Waals surface area contributed by atoms with E-state index in [-0.39, 0.29) is 5.97 Å². The van der Waals surface area contributed by atoms with Gasteiger partial charge in [-0.1, -0.05) is 60.7 Å². The second kappa shape index (κ2) is 10.9. The minimum Gasteiger partial charge on any atom is -0.464 e. The molecule has 0 spiro atoms. The Morgan fingerprint density at radius 3 is 2.12 bits per heavy atom. The molecule has 2 aliphatic heterocycles. The number of aliphatic imine (C=N–C) groups is 1. The van der Waals surface area contributed by atoms with Gasteiger partial charge in [-0.3, -0.25) is 9.89 Å². The average molecular weight is 446 g/mol. The number of rotatable bonds is 8. The number of carbonyl (C=O) groups is 1. The smallest absolute Gasteiger partial charge is 0.332 e. The first kappa shape index (κ1) is 23.4. The fourth-order valence-corrected chi connectivity index (χ4v) is 4.91. The van der Waals surface area contributed by atoms with E-state index in [1.54, 1.807) is 0 Å². The van der Waals surface area contributed by atoms with Crippen LogP contribution in [-0.4, -0.2) is 72.9 Å². The number of hydrogen-bond donors (Lipinski definition) is 0. The first-order valence-corrected chi connectivity index (χ1v) is 12.1. The summed E-state index contributed by atoms with van der Waals surface area (Å²) in [5.74, 6) is 0.203. The molecule has 0 N–H and O–H groups in total. The zero-order valence-electron chi connectivity index (χ0n) is 19.8. The van der Waals surface area contributed by atoms with Crippen LogP contribution in [0.3, 0.4) is 0 Å². The number of esters is 1. The van der Waals surface area contributed by atoms with Gasteiger partial charge in [-0.25, -0.2) is 4.79 Å². The third kappa shape index (κ3) is 5.43. The van der Waals surface area contributed by atoms with Gasteiger partial charge in [-0.05, 0) is 50.1 Å². The topological polar surface area (TPSA) is 45.1 Å². The highest BCUT2D eigenvalue weighted by Crippen LogP contribution is 2.29. The summed E-state index contributed by atoms with van der Waals surface area (Å²) in [7, 11) is 0. The Hall–Kier alpha value is -2.76. The van der Waals surface area contributed by atoms with Crippen LogP contribution in [0.4, 0.5) is 0 Å². The fourth-order valence-electron chi connectivity index (χ4n) is 4.91. The monoisotopic (exact) mass is 445 g/mol. The zero-order valence-corrected chi connectivity index (χ0v) is 19.8. The van der Waals surface area contributed by atoms with Crippen LogP contribution < -0.4 is 0 Å². The number of hydrogen-bond acceptors (Lipinski definition) is 5. The zero-order chi connectivity index (χ0) is 23.1. The van der Waals surface area contributed by atoms with Gasteiger partial charge in [0.25, 0.3) is 0 Å². The molecule has 2 aromatic rings. The van der Waals surface area contributed by atoms with Crippen LogP contribution in [0.5, 0.6) is 0 Å². The molecule has 2 aliphatic rings. The van der Waals surface area contributed by atoms with E-state index < -0.39 is 5.54 Å². The summed E-state index contributed by atoms with van der Waals surface area (Å²) in [6.45, 7) is 9.23. The van der Waals surface area contributed by atoms with Crippen molar-refractivity contribution in [1.82, 2.24) is 9.80 Å². The molecule has 174 valence electrons. The fraction of sp³-hybridized carbons (Fsp3) is 0.429. The third-order valence-electron chi connectivity index (χ3n) is 6.87. The number of benzene rings is 2. The predicted molar refractivity (Wildman–Crippen MR) is 134 cm³/mol. The minimum absolute atomic E-state index is 0.181. The number of allylic oxidation sites excluding steroid dienone is 1. The summed E-state index contributed by atoms with van der Waals surface area (Å²) in [6.07, 6.45) is 5.03. The predicted octanol–water partition coefficient (Wildman–Crippen LogP) is 4.16. The van der Waals surface area contributed by atoms with E-state index in [1.165, 1.54) is 11.1 Å². The van der Waals surface area contributed by atoms with Gasteiger partial charge in [0.2, 0.25) is 0 Å². The molecule has 0 bridgehead atoms. The first-order chi connectivity index (χ1) is 16.1. The van der Waals surface area contributed by atoms with Crippen molar-refractivity contribution in [3.05, 3.63) is 83.9 Å². The van der Waals surface area contributed by atoms with Crippen LogP contribution in [0.1, 0.15) is 37.3 Å². The van der Waals surface area contributed by atoms with Crippen LogP contribution >= 0.6 is 0 Å². The van der Waals surface area contributed by atoms with Gasteiger partial charge in [0, 0.05) is 37.8 Å². The number of piperazine rings is 1. The van der Waals surface area contributed by atoms with Gasteiger partial charge in [0.05, 0.1) is 13.2 Å². The number of carbonyl (C=O) groups excluding carboxylic acids is 1. The Labute approximate surface area is 197 Å². The highest BCUT2D eigenvalue weighted by Gasteiger charge is 2.45. The number of dihydropyridines is 1. The Bertz CT molecular complexity index is 926. The number of ether oxygens (including phenoxy) is 1. The Morgan fingerprint density at radius 2 is 1.61 bits per heavy atom. The summed E-state index contributed by atoms with van der Waals surface area (Å²) in [6, 6.07) is 21.6. The van der Waals surface area contributed by atoms with Crippen molar-refractivity contribution in [3.63, 3.8) is 0 Å². The summed E-state index contributed by atoms with van der Waals surface area (Å²) in [5, 5.41) is 0. The molecular weight excluding hydrogens is 410 g/mol. The van der Waals surface area contributed by atoms with E-state index in [9.17, 15) is 4.79 Å². The SMILES string of the molecule is CCOC(=O)C1(N2CCN(CCC(c3ccccc3)c3ccccc3)CC2)C=CC(C)=NC1. The lowest BCUT2D eigenvalue weighted by Crippen LogP contribution is -2.62. The molecule has 5 nitrogen and oxygen atoms in total. The maximum atomic E-state index is 12.9. The van der Waals surface area contributed by atoms with Gasteiger partial charge < -0.3 is 9.64 Å². The second-order valence-corrected chi connectivity index (χ2v) is 8.93. The molecule has 0 radical (unpaired) electrons. The van der Waals surface area contributed by atoms with Gasteiger partial charge in [0.15, 0.2) is 5.54 Å². The summed E-state index contributed by atoms with van der Waals surface area (Å²) < 4.78 is 5.46. The standard InChI is InChI=1S/C28H35N3O2/c1-3-33-27(32)28(16-14-23(2)29-22-28)31-20-18-30(19-21-31)17-15-26(24-10-6-4-7-11-24)25-12-8-5-9-13-25/h4-14,16,26H,3,15,17-22H2,1-2H3. The average Bonchev–Trinajstić information content (AvgIpc) is 2.87. The molecule has 1 unspecified atom stereocenters. The van der Waals surface area contributed by atoms with Gasteiger partial charge >= 0.3 is 5.97 Å². The van der Waals surface area contributed by atoms with Crippen molar-refractivity contribution in [1.29, 1.82) is 0 Å². The largest absolute Gasteiger partial charge is 0.464 e. The first-order valence-electron chi connectivity index (χ1n) is 12.1. The van der Waals surface area contributed by atoms with E-state index in [0.29, 0.717) is 19.1 Å². The van der Waals surface area contributed by atoms with Gasteiger partial charge in [-0.2, -0.15) is 0 Å². The highest BCUT2D eigenvalue weighted by atomic mass is 16.5. The summed E-state index contributed by atoms with van der Waals surface area (Å²) >= 11 is 0. The molecule has 33 heavy (non-hydrogen) atoms. The molecule has 0 amide bonds. The van der Waals surface area contributed by atoms with Crippen LogP contribution in [0.2, 0.25) is 0 Å². The van der Waals surface area contributed by atoms with Crippen LogP contribution in [0.25, 0.3) is 0 Å². The lowest BCUT2D eigenvalue weighted by Gasteiger charge is -2.44. The van der Waals surface area contributed by atoms with Crippen molar-refractivity contribution < 1.29 is 9.53 Å². The van der Waals surface area contributed by atoms with Crippen LogP contribution in [-0.2, 0) is 9.53 Å². The molecule has 2 heterocycles. The lowest BCUT2D eigenvalue weighted by molar-refractivity contribution is -0.155. The van der Waals surface area contributed by atoms with Crippen molar-refractivity contribution in [2.75, 3.05) is 45.9 Å². The van der Waals surface area contributed by atoms with E-state index in [1.807, 2.05) is 26.0 Å². The Balaban J connectivity index is 1.40. The van der Waals surface area contributed by atoms with Crippen LogP contribution in [0.15, 0.2) is 77.8 Å². The molecule has 2 aromatic carbocycles. The van der Waals surface area contributed by atoms with E-state index in [0.717, 1.165) is 44.9 Å².